The van der Waals surface area contributed by atoms with E-state index in [2.05, 4.69) is 56.9 Å². The summed E-state index contributed by atoms with van der Waals surface area (Å²) in [5.74, 6) is 0. The Bertz CT molecular complexity index is 511. The van der Waals surface area contributed by atoms with Crippen LogP contribution in [0.3, 0.4) is 0 Å². The highest BCUT2D eigenvalue weighted by atomic mass is 127. The van der Waals surface area contributed by atoms with Gasteiger partial charge in [-0.25, -0.2) is 0 Å². The minimum absolute atomic E-state index is 0. The van der Waals surface area contributed by atoms with Crippen LogP contribution >= 0.6 is 24.0 Å². The molecule has 0 spiro atoms. The normalized spacial score (nSPS) is 17.6. The molecule has 1 aliphatic rings. The van der Waals surface area contributed by atoms with Crippen molar-refractivity contribution in [2.45, 2.75) is 116 Å². The maximum absolute atomic E-state index is 2.66. The lowest BCUT2D eigenvalue weighted by Gasteiger charge is -2.31. The fourth-order valence-corrected chi connectivity index (χ4v) is 4.53. The highest BCUT2D eigenvalue weighted by molar-refractivity contribution is 14.0. The highest BCUT2D eigenvalue weighted by Gasteiger charge is 2.40. The average Bonchev–Trinajstić information content (AvgIpc) is 2.83. The van der Waals surface area contributed by atoms with Gasteiger partial charge in [-0.15, -0.1) is 24.0 Å². The van der Waals surface area contributed by atoms with Crippen LogP contribution in [0.2, 0.25) is 0 Å². The smallest absolute Gasteiger partial charge is 0.0407 e. The molecule has 1 unspecified atom stereocenters. The predicted molar refractivity (Wildman–Crippen MR) is 133 cm³/mol. The monoisotopic (exact) mass is 485 g/mol. The lowest BCUT2D eigenvalue weighted by molar-refractivity contribution is 0.436. The fraction of sp³-hybridized carbons (Fsp3) is 0.760. The van der Waals surface area contributed by atoms with Gasteiger partial charge in [0.2, 0.25) is 0 Å². The highest BCUT2D eigenvalue weighted by Crippen LogP contribution is 2.44. The quantitative estimate of drug-likeness (QED) is 0.200. The zero-order valence-electron chi connectivity index (χ0n) is 18.4. The molecule has 0 aliphatic carbocycles. The van der Waals surface area contributed by atoms with Crippen LogP contribution in [-0.2, 0) is 5.41 Å². The molecule has 0 aromatic heterocycles. The molecule has 1 aromatic rings. The number of unbranched alkanes of at least 4 members (excludes halogenated alkanes) is 11. The van der Waals surface area contributed by atoms with Crippen molar-refractivity contribution in [1.29, 1.82) is 0 Å². The number of hydrogen-bond donors (Lipinski definition) is 0. The summed E-state index contributed by atoms with van der Waals surface area (Å²) in [7, 11) is 0. The summed E-state index contributed by atoms with van der Waals surface area (Å²) in [6.45, 7) is 10.7. The Kier molecular flexibility index (Phi) is 12.0. The minimum Gasteiger partial charge on any atom is -0.368 e. The standard InChI is InChI=1S/C25H43N.HI/c1-5-6-7-8-9-10-11-12-13-14-15-18-21-26-22(2)25(3,4)23-19-16-17-20-24(23)26;/h16-17,19-20,22H,5-15,18,21H2,1-4H3;1H. The van der Waals surface area contributed by atoms with Crippen molar-refractivity contribution < 1.29 is 0 Å². The van der Waals surface area contributed by atoms with Crippen LogP contribution in [-0.4, -0.2) is 12.6 Å². The molecular weight excluding hydrogens is 441 g/mol. The van der Waals surface area contributed by atoms with Gasteiger partial charge >= 0.3 is 0 Å². The first-order valence-electron chi connectivity index (χ1n) is 11.4. The van der Waals surface area contributed by atoms with Gasteiger partial charge < -0.3 is 4.90 Å². The third-order valence-corrected chi connectivity index (χ3v) is 6.67. The molecule has 1 heterocycles. The van der Waals surface area contributed by atoms with Crippen LogP contribution in [0, 0.1) is 0 Å². The number of benzene rings is 1. The number of rotatable bonds is 13. The third-order valence-electron chi connectivity index (χ3n) is 6.67. The SMILES string of the molecule is CCCCCCCCCCCCCCN1c2ccccc2C(C)(C)C1C.I. The summed E-state index contributed by atoms with van der Waals surface area (Å²) in [6, 6.07) is 9.64. The molecule has 1 aliphatic heterocycles. The molecule has 2 heteroatoms. The van der Waals surface area contributed by atoms with Gasteiger partial charge in [-0.05, 0) is 25.0 Å². The van der Waals surface area contributed by atoms with E-state index in [-0.39, 0.29) is 29.4 Å². The molecule has 1 atom stereocenters. The lowest BCUT2D eigenvalue weighted by Crippen LogP contribution is -2.39. The average molecular weight is 486 g/mol. The summed E-state index contributed by atoms with van der Waals surface area (Å²) in [6.07, 6.45) is 17.1. The zero-order valence-corrected chi connectivity index (χ0v) is 20.8. The molecule has 0 saturated heterocycles. The van der Waals surface area contributed by atoms with Crippen LogP contribution in [0.4, 0.5) is 5.69 Å². The number of halogens is 1. The third kappa shape index (κ3) is 7.25. The molecular formula is C25H44IN. The van der Waals surface area contributed by atoms with Crippen molar-refractivity contribution >= 4 is 29.7 Å². The molecule has 156 valence electrons. The zero-order chi connectivity index (χ0) is 18.8. The largest absolute Gasteiger partial charge is 0.368 e. The first kappa shape index (κ1) is 24.8. The summed E-state index contributed by atoms with van der Waals surface area (Å²) in [5.41, 5.74) is 3.28. The summed E-state index contributed by atoms with van der Waals surface area (Å²) in [5, 5.41) is 0. The second-order valence-electron chi connectivity index (χ2n) is 9.00. The van der Waals surface area contributed by atoms with Crippen LogP contribution < -0.4 is 4.90 Å². The van der Waals surface area contributed by atoms with E-state index in [1.165, 1.54) is 94.8 Å². The maximum Gasteiger partial charge on any atom is 0.0407 e. The van der Waals surface area contributed by atoms with Crippen molar-refractivity contribution in [3.8, 4) is 0 Å². The number of anilines is 1. The predicted octanol–water partition coefficient (Wildman–Crippen LogP) is 8.49. The van der Waals surface area contributed by atoms with Crippen molar-refractivity contribution in [1.82, 2.24) is 0 Å². The van der Waals surface area contributed by atoms with Gasteiger partial charge in [0, 0.05) is 23.7 Å². The molecule has 0 fully saturated rings. The topological polar surface area (TPSA) is 3.24 Å². The maximum atomic E-state index is 2.66. The van der Waals surface area contributed by atoms with E-state index in [4.69, 9.17) is 0 Å². The number of fused-ring (bicyclic) bond motifs is 1. The van der Waals surface area contributed by atoms with Gasteiger partial charge in [0.1, 0.15) is 0 Å². The van der Waals surface area contributed by atoms with E-state index in [1.807, 2.05) is 0 Å². The Labute approximate surface area is 186 Å². The minimum atomic E-state index is 0. The Morgan fingerprint density at radius 2 is 1.26 bits per heavy atom. The Balaban J connectivity index is 0.00000364. The van der Waals surface area contributed by atoms with Gasteiger partial charge in [-0.1, -0.05) is 110 Å². The number of para-hydroxylation sites is 1. The Morgan fingerprint density at radius 1 is 0.778 bits per heavy atom. The van der Waals surface area contributed by atoms with Crippen molar-refractivity contribution in [3.05, 3.63) is 29.8 Å². The summed E-state index contributed by atoms with van der Waals surface area (Å²) >= 11 is 0. The lowest BCUT2D eigenvalue weighted by atomic mass is 9.81. The summed E-state index contributed by atoms with van der Waals surface area (Å²) < 4.78 is 0. The van der Waals surface area contributed by atoms with Crippen LogP contribution in [0.1, 0.15) is 110 Å². The Hall–Kier alpha value is -0.250. The molecule has 1 nitrogen and oxygen atoms in total. The van der Waals surface area contributed by atoms with Gasteiger partial charge in [0.05, 0.1) is 0 Å². The molecule has 0 N–H and O–H groups in total. The van der Waals surface area contributed by atoms with Crippen LogP contribution in [0.25, 0.3) is 0 Å². The van der Waals surface area contributed by atoms with Gasteiger partial charge in [0.15, 0.2) is 0 Å². The van der Waals surface area contributed by atoms with E-state index < -0.39 is 0 Å². The molecule has 0 saturated carbocycles. The number of nitrogens with zero attached hydrogens (tertiary/aromatic N) is 1. The van der Waals surface area contributed by atoms with Gasteiger partial charge in [0.25, 0.3) is 0 Å². The second-order valence-corrected chi connectivity index (χ2v) is 9.00. The van der Waals surface area contributed by atoms with Crippen molar-refractivity contribution in [2.75, 3.05) is 11.4 Å². The number of hydrogen-bond acceptors (Lipinski definition) is 1. The van der Waals surface area contributed by atoms with E-state index >= 15 is 0 Å². The molecule has 0 amide bonds. The molecule has 0 radical (unpaired) electrons. The van der Waals surface area contributed by atoms with E-state index in [0.717, 1.165) is 0 Å². The van der Waals surface area contributed by atoms with Crippen LogP contribution in [0.15, 0.2) is 24.3 Å². The van der Waals surface area contributed by atoms with Gasteiger partial charge in [-0.3, -0.25) is 0 Å². The summed E-state index contributed by atoms with van der Waals surface area (Å²) in [4.78, 5) is 2.66. The molecule has 1 aromatic carbocycles. The Morgan fingerprint density at radius 3 is 1.81 bits per heavy atom. The van der Waals surface area contributed by atoms with Crippen molar-refractivity contribution in [3.63, 3.8) is 0 Å². The van der Waals surface area contributed by atoms with Crippen LogP contribution in [0.5, 0.6) is 0 Å². The van der Waals surface area contributed by atoms with E-state index in [1.54, 1.807) is 0 Å². The van der Waals surface area contributed by atoms with Gasteiger partial charge in [-0.2, -0.15) is 0 Å². The van der Waals surface area contributed by atoms with E-state index in [0.29, 0.717) is 6.04 Å². The molecule has 2 rings (SSSR count). The van der Waals surface area contributed by atoms with Crippen molar-refractivity contribution in [2.24, 2.45) is 0 Å². The first-order chi connectivity index (χ1) is 12.6. The fourth-order valence-electron chi connectivity index (χ4n) is 4.53. The molecule has 0 bridgehead atoms. The van der Waals surface area contributed by atoms with E-state index in [9.17, 15) is 0 Å². The molecule has 27 heavy (non-hydrogen) atoms. The first-order valence-corrected chi connectivity index (χ1v) is 11.4. The second kappa shape index (κ2) is 13.1.